The van der Waals surface area contributed by atoms with E-state index in [1.807, 2.05) is 6.07 Å². The van der Waals surface area contributed by atoms with Gasteiger partial charge >= 0.3 is 0 Å². The Morgan fingerprint density at radius 2 is 2.06 bits per heavy atom. The number of nitrogens with zero attached hydrogens (tertiary/aromatic N) is 1. The quantitative estimate of drug-likeness (QED) is 0.926. The molecule has 18 heavy (non-hydrogen) atoms. The third-order valence-corrected chi connectivity index (χ3v) is 3.25. The van der Waals surface area contributed by atoms with Crippen LogP contribution >= 0.6 is 11.6 Å². The van der Waals surface area contributed by atoms with Gasteiger partial charge in [-0.3, -0.25) is 4.98 Å². The Bertz CT molecular complexity index is 541. The summed E-state index contributed by atoms with van der Waals surface area (Å²) in [4.78, 5) is 4.02. The molecule has 4 heteroatoms. The average Bonchev–Trinajstić information content (AvgIpc) is 2.40. The SMILES string of the molecule is COc1cc(C(C)(O)c2cccnc2)ccc1Cl. The van der Waals surface area contributed by atoms with Crippen molar-refractivity contribution in [1.82, 2.24) is 4.98 Å². The molecule has 1 heterocycles. The minimum Gasteiger partial charge on any atom is -0.495 e. The summed E-state index contributed by atoms with van der Waals surface area (Å²) in [6.07, 6.45) is 3.31. The van der Waals surface area contributed by atoms with Gasteiger partial charge < -0.3 is 9.84 Å². The molecule has 0 saturated heterocycles. The molecule has 1 N–H and O–H groups in total. The van der Waals surface area contributed by atoms with Gasteiger partial charge in [-0.1, -0.05) is 23.7 Å². The minimum atomic E-state index is -1.13. The lowest BCUT2D eigenvalue weighted by Gasteiger charge is -2.24. The molecule has 0 aliphatic heterocycles. The lowest BCUT2D eigenvalue weighted by atomic mass is 9.89. The summed E-state index contributed by atoms with van der Waals surface area (Å²) in [5.74, 6) is 0.540. The van der Waals surface area contributed by atoms with Crippen molar-refractivity contribution in [1.29, 1.82) is 0 Å². The molecule has 1 aromatic carbocycles. The van der Waals surface area contributed by atoms with Crippen LogP contribution in [0.1, 0.15) is 18.1 Å². The molecule has 1 atom stereocenters. The molecular weight excluding hydrogens is 250 g/mol. The summed E-state index contributed by atoms with van der Waals surface area (Å²) in [6.45, 7) is 1.71. The first-order valence-electron chi connectivity index (χ1n) is 5.52. The molecular formula is C14H14ClNO2. The standard InChI is InChI=1S/C14H14ClNO2/c1-14(17,11-4-3-7-16-9-11)10-5-6-12(15)13(8-10)18-2/h3-9,17H,1-2H3. The molecule has 0 aliphatic rings. The number of halogens is 1. The van der Waals surface area contributed by atoms with Crippen LogP contribution in [0, 0.1) is 0 Å². The van der Waals surface area contributed by atoms with Crippen LogP contribution in [-0.2, 0) is 5.60 Å². The van der Waals surface area contributed by atoms with Crippen LogP contribution in [0.4, 0.5) is 0 Å². The van der Waals surface area contributed by atoms with Gasteiger partial charge in [-0.2, -0.15) is 0 Å². The van der Waals surface area contributed by atoms with Gasteiger partial charge in [0.05, 0.1) is 12.1 Å². The first-order chi connectivity index (χ1) is 8.55. The van der Waals surface area contributed by atoms with E-state index in [9.17, 15) is 5.11 Å². The molecule has 0 bridgehead atoms. The molecule has 0 fully saturated rings. The van der Waals surface area contributed by atoms with Gasteiger partial charge in [-0.05, 0) is 30.7 Å². The molecule has 1 aromatic heterocycles. The largest absolute Gasteiger partial charge is 0.495 e. The Hall–Kier alpha value is -1.58. The molecule has 1 unspecified atom stereocenters. The van der Waals surface area contributed by atoms with E-state index in [2.05, 4.69) is 4.98 Å². The monoisotopic (exact) mass is 263 g/mol. The summed E-state index contributed by atoms with van der Waals surface area (Å²) >= 11 is 5.97. The summed E-state index contributed by atoms with van der Waals surface area (Å²) in [6, 6.07) is 8.83. The van der Waals surface area contributed by atoms with Crippen molar-refractivity contribution < 1.29 is 9.84 Å². The molecule has 0 aliphatic carbocycles. The first kappa shape index (κ1) is 12.9. The van der Waals surface area contributed by atoms with Crippen LogP contribution in [-0.4, -0.2) is 17.2 Å². The van der Waals surface area contributed by atoms with Crippen LogP contribution in [0.25, 0.3) is 0 Å². The van der Waals surface area contributed by atoms with Crippen molar-refractivity contribution in [2.45, 2.75) is 12.5 Å². The molecule has 0 radical (unpaired) electrons. The van der Waals surface area contributed by atoms with Gasteiger partial charge in [0.25, 0.3) is 0 Å². The van der Waals surface area contributed by atoms with Crippen LogP contribution < -0.4 is 4.74 Å². The zero-order valence-corrected chi connectivity index (χ0v) is 11.0. The van der Waals surface area contributed by atoms with E-state index in [-0.39, 0.29) is 0 Å². The fourth-order valence-electron chi connectivity index (χ4n) is 1.78. The predicted molar refractivity (Wildman–Crippen MR) is 70.9 cm³/mol. The normalized spacial score (nSPS) is 14.0. The van der Waals surface area contributed by atoms with Crippen molar-refractivity contribution >= 4 is 11.6 Å². The number of benzene rings is 1. The highest BCUT2D eigenvalue weighted by Gasteiger charge is 2.26. The van der Waals surface area contributed by atoms with E-state index < -0.39 is 5.60 Å². The third kappa shape index (κ3) is 2.33. The topological polar surface area (TPSA) is 42.4 Å². The van der Waals surface area contributed by atoms with Crippen molar-refractivity contribution in [2.75, 3.05) is 7.11 Å². The Balaban J connectivity index is 2.47. The lowest BCUT2D eigenvalue weighted by Crippen LogP contribution is -2.22. The van der Waals surface area contributed by atoms with E-state index in [0.29, 0.717) is 16.3 Å². The van der Waals surface area contributed by atoms with Crippen LogP contribution in [0.5, 0.6) is 5.75 Å². The smallest absolute Gasteiger partial charge is 0.137 e. The second-order valence-corrected chi connectivity index (χ2v) is 4.57. The number of aliphatic hydroxyl groups is 1. The van der Waals surface area contributed by atoms with Crippen LogP contribution in [0.2, 0.25) is 5.02 Å². The summed E-state index contributed by atoms with van der Waals surface area (Å²) in [7, 11) is 1.55. The maximum atomic E-state index is 10.6. The second-order valence-electron chi connectivity index (χ2n) is 4.16. The summed E-state index contributed by atoms with van der Waals surface area (Å²) < 4.78 is 5.16. The number of methoxy groups -OCH3 is 1. The van der Waals surface area contributed by atoms with Gasteiger partial charge in [0.2, 0.25) is 0 Å². The van der Waals surface area contributed by atoms with E-state index in [1.165, 1.54) is 0 Å². The Labute approximate surface area is 111 Å². The highest BCUT2D eigenvalue weighted by Crippen LogP contribution is 2.33. The van der Waals surface area contributed by atoms with Crippen molar-refractivity contribution in [3.63, 3.8) is 0 Å². The van der Waals surface area contributed by atoms with Gasteiger partial charge in [0.1, 0.15) is 11.4 Å². The fraction of sp³-hybridized carbons (Fsp3) is 0.214. The Morgan fingerprint density at radius 1 is 1.28 bits per heavy atom. The van der Waals surface area contributed by atoms with E-state index in [0.717, 1.165) is 5.56 Å². The van der Waals surface area contributed by atoms with Gasteiger partial charge in [0, 0.05) is 18.0 Å². The van der Waals surface area contributed by atoms with Gasteiger partial charge in [-0.25, -0.2) is 0 Å². The van der Waals surface area contributed by atoms with Crippen molar-refractivity contribution in [3.05, 3.63) is 58.9 Å². The zero-order chi connectivity index (χ0) is 13.2. The number of hydrogen-bond acceptors (Lipinski definition) is 3. The molecule has 2 rings (SSSR count). The molecule has 0 spiro atoms. The van der Waals surface area contributed by atoms with Gasteiger partial charge in [-0.15, -0.1) is 0 Å². The highest BCUT2D eigenvalue weighted by molar-refractivity contribution is 6.32. The van der Waals surface area contributed by atoms with Crippen LogP contribution in [0.15, 0.2) is 42.7 Å². The number of pyridine rings is 1. The summed E-state index contributed by atoms with van der Waals surface area (Å²) in [5, 5.41) is 11.1. The zero-order valence-electron chi connectivity index (χ0n) is 10.2. The molecule has 2 aromatic rings. The fourth-order valence-corrected chi connectivity index (χ4v) is 1.97. The summed E-state index contributed by atoms with van der Waals surface area (Å²) in [5.41, 5.74) is 0.290. The molecule has 3 nitrogen and oxygen atoms in total. The number of rotatable bonds is 3. The predicted octanol–water partition coefficient (Wildman–Crippen LogP) is 3.00. The first-order valence-corrected chi connectivity index (χ1v) is 5.90. The average molecular weight is 264 g/mol. The Kier molecular flexibility index (Phi) is 3.55. The minimum absolute atomic E-state index is 0.517. The maximum absolute atomic E-state index is 10.6. The maximum Gasteiger partial charge on any atom is 0.137 e. The molecule has 0 amide bonds. The second kappa shape index (κ2) is 4.96. The molecule has 94 valence electrons. The highest BCUT2D eigenvalue weighted by atomic mass is 35.5. The lowest BCUT2D eigenvalue weighted by molar-refractivity contribution is 0.102. The third-order valence-electron chi connectivity index (χ3n) is 2.94. The van der Waals surface area contributed by atoms with Crippen LogP contribution in [0.3, 0.4) is 0 Å². The van der Waals surface area contributed by atoms with Gasteiger partial charge in [0.15, 0.2) is 0 Å². The van der Waals surface area contributed by atoms with Crippen molar-refractivity contribution in [2.24, 2.45) is 0 Å². The number of hydrogen-bond donors (Lipinski definition) is 1. The molecule has 0 saturated carbocycles. The number of aromatic nitrogens is 1. The van der Waals surface area contributed by atoms with Crippen molar-refractivity contribution in [3.8, 4) is 5.75 Å². The van der Waals surface area contributed by atoms with E-state index in [1.54, 1.807) is 50.7 Å². The van der Waals surface area contributed by atoms with E-state index in [4.69, 9.17) is 16.3 Å². The Morgan fingerprint density at radius 3 is 2.67 bits per heavy atom. The van der Waals surface area contributed by atoms with E-state index >= 15 is 0 Å². The number of ether oxygens (including phenoxy) is 1.